The Balaban J connectivity index is 1.96. The molecule has 4 nitrogen and oxygen atoms in total. The zero-order chi connectivity index (χ0) is 11.4. The molecule has 0 aliphatic heterocycles. The van der Waals surface area contributed by atoms with Crippen molar-refractivity contribution in [2.75, 3.05) is 0 Å². The Morgan fingerprint density at radius 1 is 1.38 bits per heavy atom. The molecule has 0 spiro atoms. The smallest absolute Gasteiger partial charge is 0.271 e. The molecular weight excluding hydrogens is 209 g/mol. The molecule has 5 heteroatoms. The van der Waals surface area contributed by atoms with Crippen LogP contribution in [-0.2, 0) is 0 Å². The van der Waals surface area contributed by atoms with Crippen molar-refractivity contribution in [3.63, 3.8) is 0 Å². The van der Waals surface area contributed by atoms with Gasteiger partial charge in [0.05, 0.1) is 12.2 Å². The molecular formula is C11H14FN3O. The molecule has 1 aliphatic rings. The number of carbonyl (C=O) groups is 1. The van der Waals surface area contributed by atoms with Crippen LogP contribution in [0.1, 0.15) is 36.2 Å². The highest BCUT2D eigenvalue weighted by Crippen LogP contribution is 2.21. The molecule has 1 aliphatic carbocycles. The first-order valence-electron chi connectivity index (χ1n) is 5.48. The van der Waals surface area contributed by atoms with Gasteiger partial charge in [-0.2, -0.15) is 0 Å². The average molecular weight is 223 g/mol. The molecule has 0 aromatic carbocycles. The van der Waals surface area contributed by atoms with E-state index in [-0.39, 0.29) is 17.6 Å². The van der Waals surface area contributed by atoms with Crippen LogP contribution in [-0.4, -0.2) is 28.1 Å². The lowest BCUT2D eigenvalue weighted by molar-refractivity contribution is 0.0878. The van der Waals surface area contributed by atoms with Gasteiger partial charge in [-0.05, 0) is 12.8 Å². The van der Waals surface area contributed by atoms with Crippen LogP contribution in [0, 0.1) is 0 Å². The number of aromatic nitrogens is 2. The van der Waals surface area contributed by atoms with Crippen LogP contribution in [0.5, 0.6) is 0 Å². The number of nitrogens with zero attached hydrogens (tertiary/aromatic N) is 2. The predicted molar refractivity (Wildman–Crippen MR) is 56.7 cm³/mol. The van der Waals surface area contributed by atoms with E-state index in [0.717, 1.165) is 12.8 Å². The summed E-state index contributed by atoms with van der Waals surface area (Å²) in [5.74, 6) is -0.345. The number of halogens is 1. The van der Waals surface area contributed by atoms with Crippen LogP contribution in [0.2, 0.25) is 0 Å². The highest BCUT2D eigenvalue weighted by atomic mass is 19.1. The van der Waals surface area contributed by atoms with Crippen molar-refractivity contribution < 1.29 is 9.18 Å². The van der Waals surface area contributed by atoms with E-state index in [0.29, 0.717) is 12.8 Å². The highest BCUT2D eigenvalue weighted by molar-refractivity contribution is 5.92. The molecule has 1 saturated carbocycles. The average Bonchev–Trinajstić information content (AvgIpc) is 2.33. The zero-order valence-corrected chi connectivity index (χ0v) is 8.90. The summed E-state index contributed by atoms with van der Waals surface area (Å²) in [6, 6.07) is -0.372. The van der Waals surface area contributed by atoms with Crippen molar-refractivity contribution in [1.82, 2.24) is 15.3 Å². The van der Waals surface area contributed by atoms with Gasteiger partial charge < -0.3 is 5.32 Å². The molecule has 0 saturated heterocycles. The van der Waals surface area contributed by atoms with Crippen molar-refractivity contribution in [2.24, 2.45) is 0 Å². The lowest BCUT2D eigenvalue weighted by Gasteiger charge is -2.26. The number of amides is 1. The third kappa shape index (κ3) is 2.53. The van der Waals surface area contributed by atoms with Gasteiger partial charge in [0.25, 0.3) is 5.91 Å². The molecule has 0 radical (unpaired) electrons. The summed E-state index contributed by atoms with van der Waals surface area (Å²) in [6.07, 6.45) is 6.49. The van der Waals surface area contributed by atoms with Crippen LogP contribution < -0.4 is 5.32 Å². The van der Waals surface area contributed by atoms with E-state index < -0.39 is 6.17 Å². The van der Waals surface area contributed by atoms with E-state index in [1.54, 1.807) is 0 Å². The lowest BCUT2D eigenvalue weighted by atomic mass is 9.93. The van der Waals surface area contributed by atoms with Crippen LogP contribution in [0.25, 0.3) is 0 Å². The largest absolute Gasteiger partial charge is 0.345 e. The van der Waals surface area contributed by atoms with Gasteiger partial charge >= 0.3 is 0 Å². The van der Waals surface area contributed by atoms with Gasteiger partial charge in [0.2, 0.25) is 0 Å². The van der Waals surface area contributed by atoms with Gasteiger partial charge in [-0.1, -0.05) is 12.8 Å². The van der Waals surface area contributed by atoms with Gasteiger partial charge in [0.15, 0.2) is 0 Å². The Morgan fingerprint density at radius 2 is 2.19 bits per heavy atom. The van der Waals surface area contributed by atoms with Crippen molar-refractivity contribution in [3.8, 4) is 0 Å². The number of nitrogens with one attached hydrogen (secondary N) is 1. The summed E-state index contributed by atoms with van der Waals surface area (Å²) < 4.78 is 13.5. The van der Waals surface area contributed by atoms with E-state index in [2.05, 4.69) is 15.3 Å². The van der Waals surface area contributed by atoms with Crippen molar-refractivity contribution in [1.29, 1.82) is 0 Å². The molecule has 1 amide bonds. The van der Waals surface area contributed by atoms with Gasteiger partial charge in [-0.15, -0.1) is 0 Å². The molecule has 2 rings (SSSR count). The van der Waals surface area contributed by atoms with E-state index in [4.69, 9.17) is 0 Å². The number of alkyl halides is 1. The van der Waals surface area contributed by atoms with Crippen molar-refractivity contribution >= 4 is 5.91 Å². The van der Waals surface area contributed by atoms with Crippen molar-refractivity contribution in [2.45, 2.75) is 37.9 Å². The molecule has 2 atom stereocenters. The van der Waals surface area contributed by atoms with Gasteiger partial charge in [-0.25, -0.2) is 9.37 Å². The molecule has 1 N–H and O–H groups in total. The van der Waals surface area contributed by atoms with Crippen LogP contribution in [0.3, 0.4) is 0 Å². The Labute approximate surface area is 93.3 Å². The molecule has 16 heavy (non-hydrogen) atoms. The summed E-state index contributed by atoms with van der Waals surface area (Å²) in [4.78, 5) is 19.4. The fraction of sp³-hybridized carbons (Fsp3) is 0.545. The minimum Gasteiger partial charge on any atom is -0.345 e. The molecule has 1 aromatic rings. The first kappa shape index (κ1) is 11.0. The minimum atomic E-state index is -0.936. The Morgan fingerprint density at radius 3 is 2.88 bits per heavy atom. The zero-order valence-electron chi connectivity index (χ0n) is 8.90. The van der Waals surface area contributed by atoms with Crippen molar-refractivity contribution in [3.05, 3.63) is 24.3 Å². The second-order valence-electron chi connectivity index (χ2n) is 3.97. The van der Waals surface area contributed by atoms with E-state index in [1.807, 2.05) is 0 Å². The SMILES string of the molecule is O=C(N[C@@H]1CCCC[C@H]1F)c1cnccn1. The summed E-state index contributed by atoms with van der Waals surface area (Å²) in [7, 11) is 0. The number of hydrogen-bond donors (Lipinski definition) is 1. The normalized spacial score (nSPS) is 25.1. The summed E-state index contributed by atoms with van der Waals surface area (Å²) in [5.41, 5.74) is 0.236. The van der Waals surface area contributed by atoms with Gasteiger partial charge in [0.1, 0.15) is 11.9 Å². The highest BCUT2D eigenvalue weighted by Gasteiger charge is 2.26. The molecule has 0 unspecified atom stereocenters. The Hall–Kier alpha value is -1.52. The monoisotopic (exact) mass is 223 g/mol. The molecule has 0 bridgehead atoms. The van der Waals surface area contributed by atoms with E-state index in [9.17, 15) is 9.18 Å². The quantitative estimate of drug-likeness (QED) is 0.826. The predicted octanol–water partition coefficient (Wildman–Crippen LogP) is 1.49. The Kier molecular flexibility index (Phi) is 3.44. The summed E-state index contributed by atoms with van der Waals surface area (Å²) >= 11 is 0. The summed E-state index contributed by atoms with van der Waals surface area (Å²) in [5, 5.41) is 2.67. The second-order valence-corrected chi connectivity index (χ2v) is 3.97. The van der Waals surface area contributed by atoms with Gasteiger partial charge in [-0.3, -0.25) is 9.78 Å². The standard InChI is InChI=1S/C11H14FN3O/c12-8-3-1-2-4-9(8)15-11(16)10-7-13-5-6-14-10/h5-9H,1-4H2,(H,15,16)/t8-,9-/m1/s1. The molecule has 1 fully saturated rings. The molecule has 1 heterocycles. The minimum absolute atomic E-state index is 0.236. The summed E-state index contributed by atoms with van der Waals surface area (Å²) in [6.45, 7) is 0. The van der Waals surface area contributed by atoms with Gasteiger partial charge in [0, 0.05) is 12.4 Å². The van der Waals surface area contributed by atoms with Crippen LogP contribution in [0.15, 0.2) is 18.6 Å². The number of carbonyl (C=O) groups excluding carboxylic acids is 1. The maximum absolute atomic E-state index is 13.5. The van der Waals surface area contributed by atoms with E-state index >= 15 is 0 Å². The van der Waals surface area contributed by atoms with E-state index in [1.165, 1.54) is 18.6 Å². The molecule has 1 aromatic heterocycles. The third-order valence-electron chi connectivity index (χ3n) is 2.79. The maximum atomic E-state index is 13.5. The second kappa shape index (κ2) is 5.01. The first-order chi connectivity index (χ1) is 7.77. The topological polar surface area (TPSA) is 54.9 Å². The fourth-order valence-corrected chi connectivity index (χ4v) is 1.91. The van der Waals surface area contributed by atoms with Crippen LogP contribution >= 0.6 is 0 Å². The maximum Gasteiger partial charge on any atom is 0.271 e. The fourth-order valence-electron chi connectivity index (χ4n) is 1.91. The third-order valence-corrected chi connectivity index (χ3v) is 2.79. The molecule has 86 valence electrons. The number of hydrogen-bond acceptors (Lipinski definition) is 3. The Bertz CT molecular complexity index is 358. The van der Waals surface area contributed by atoms with Crippen LogP contribution in [0.4, 0.5) is 4.39 Å². The first-order valence-corrected chi connectivity index (χ1v) is 5.48. The lowest BCUT2D eigenvalue weighted by Crippen LogP contribution is -2.43. The number of rotatable bonds is 2.